The molecule has 16 heavy (non-hydrogen) atoms. The third-order valence-electron chi connectivity index (χ3n) is 3.46. The fourth-order valence-electron chi connectivity index (χ4n) is 1.64. The SMILES string of the molecule is CCC(CC)(CN)C(=O)N(C)C(C)C(=O)O. The van der Waals surface area contributed by atoms with Gasteiger partial charge in [0.15, 0.2) is 0 Å². The van der Waals surface area contributed by atoms with Crippen LogP contribution >= 0.6 is 0 Å². The molecule has 0 rings (SSSR count). The zero-order chi connectivity index (χ0) is 12.9. The van der Waals surface area contributed by atoms with Crippen LogP contribution in [-0.2, 0) is 9.59 Å². The minimum absolute atomic E-state index is 0.185. The third kappa shape index (κ3) is 2.72. The quantitative estimate of drug-likeness (QED) is 0.703. The fraction of sp³-hybridized carbons (Fsp3) is 0.818. The second-order valence-electron chi connectivity index (χ2n) is 4.12. The van der Waals surface area contributed by atoms with Gasteiger partial charge in [-0.25, -0.2) is 4.79 Å². The summed E-state index contributed by atoms with van der Waals surface area (Å²) in [7, 11) is 1.51. The van der Waals surface area contributed by atoms with Gasteiger partial charge in [-0.2, -0.15) is 0 Å². The number of aliphatic carboxylic acids is 1. The number of hydrogen-bond acceptors (Lipinski definition) is 3. The summed E-state index contributed by atoms with van der Waals surface area (Å²) in [6, 6.07) is -0.823. The van der Waals surface area contributed by atoms with Gasteiger partial charge in [-0.15, -0.1) is 0 Å². The lowest BCUT2D eigenvalue weighted by molar-refractivity contribution is -0.153. The monoisotopic (exact) mass is 230 g/mol. The van der Waals surface area contributed by atoms with E-state index < -0.39 is 17.4 Å². The number of carbonyl (C=O) groups excluding carboxylic acids is 1. The van der Waals surface area contributed by atoms with E-state index in [4.69, 9.17) is 10.8 Å². The first-order chi connectivity index (χ1) is 7.36. The van der Waals surface area contributed by atoms with Crippen LogP contribution in [0.5, 0.6) is 0 Å². The van der Waals surface area contributed by atoms with Crippen LogP contribution in [0.4, 0.5) is 0 Å². The van der Waals surface area contributed by atoms with Crippen LogP contribution < -0.4 is 5.73 Å². The number of amides is 1. The Labute approximate surface area is 96.6 Å². The second kappa shape index (κ2) is 5.84. The lowest BCUT2D eigenvalue weighted by atomic mass is 9.81. The smallest absolute Gasteiger partial charge is 0.326 e. The van der Waals surface area contributed by atoms with Gasteiger partial charge in [0.1, 0.15) is 6.04 Å². The van der Waals surface area contributed by atoms with E-state index >= 15 is 0 Å². The molecule has 0 fully saturated rings. The number of carbonyl (C=O) groups is 2. The average Bonchev–Trinajstić information content (AvgIpc) is 2.29. The standard InChI is InChI=1S/C11H22N2O3/c1-5-11(6-2,7-12)10(16)13(4)8(3)9(14)15/h8H,5-7,12H2,1-4H3,(H,14,15). The number of rotatable bonds is 6. The number of likely N-dealkylation sites (N-methyl/N-ethyl adjacent to an activating group) is 1. The van der Waals surface area contributed by atoms with Gasteiger partial charge in [0.2, 0.25) is 5.91 Å². The van der Waals surface area contributed by atoms with Crippen molar-refractivity contribution >= 4 is 11.9 Å². The lowest BCUT2D eigenvalue weighted by Crippen LogP contribution is -2.50. The molecule has 0 bridgehead atoms. The Morgan fingerprint density at radius 2 is 1.81 bits per heavy atom. The number of hydrogen-bond donors (Lipinski definition) is 2. The summed E-state index contributed by atoms with van der Waals surface area (Å²) in [6.07, 6.45) is 1.24. The van der Waals surface area contributed by atoms with Gasteiger partial charge >= 0.3 is 5.97 Å². The molecule has 5 nitrogen and oxygen atoms in total. The summed E-state index contributed by atoms with van der Waals surface area (Å²) in [5, 5.41) is 8.86. The normalized spacial score (nSPS) is 13.3. The van der Waals surface area contributed by atoms with Crippen LogP contribution in [-0.4, -0.2) is 41.5 Å². The van der Waals surface area contributed by atoms with Gasteiger partial charge in [0, 0.05) is 13.6 Å². The molecule has 94 valence electrons. The molecule has 1 amide bonds. The van der Waals surface area contributed by atoms with Crippen LogP contribution in [0.25, 0.3) is 0 Å². The highest BCUT2D eigenvalue weighted by atomic mass is 16.4. The van der Waals surface area contributed by atoms with Gasteiger partial charge in [-0.1, -0.05) is 13.8 Å². The maximum atomic E-state index is 12.2. The van der Waals surface area contributed by atoms with Crippen molar-refractivity contribution in [2.45, 2.75) is 39.7 Å². The van der Waals surface area contributed by atoms with E-state index in [0.717, 1.165) is 0 Å². The maximum absolute atomic E-state index is 12.2. The minimum Gasteiger partial charge on any atom is -0.480 e. The molecule has 5 heteroatoms. The molecule has 0 aromatic heterocycles. The first kappa shape index (κ1) is 14.9. The Morgan fingerprint density at radius 1 is 1.38 bits per heavy atom. The van der Waals surface area contributed by atoms with E-state index in [1.807, 2.05) is 13.8 Å². The Hall–Kier alpha value is -1.10. The fourth-order valence-corrected chi connectivity index (χ4v) is 1.64. The van der Waals surface area contributed by atoms with Gasteiger partial charge in [0.05, 0.1) is 5.41 Å². The number of nitrogens with zero attached hydrogens (tertiary/aromatic N) is 1. The van der Waals surface area contributed by atoms with Crippen LogP contribution in [0, 0.1) is 5.41 Å². The molecule has 0 heterocycles. The zero-order valence-electron chi connectivity index (χ0n) is 10.5. The predicted molar refractivity (Wildman–Crippen MR) is 61.9 cm³/mol. The van der Waals surface area contributed by atoms with E-state index in [0.29, 0.717) is 12.8 Å². The van der Waals surface area contributed by atoms with Crippen molar-refractivity contribution in [1.29, 1.82) is 0 Å². The summed E-state index contributed by atoms with van der Waals surface area (Å²) in [5.41, 5.74) is 5.02. The van der Waals surface area contributed by atoms with Crippen LogP contribution in [0.1, 0.15) is 33.6 Å². The summed E-state index contributed by atoms with van der Waals surface area (Å²) in [6.45, 7) is 5.53. The number of carboxylic acid groups (broad SMARTS) is 1. The lowest BCUT2D eigenvalue weighted by Gasteiger charge is -2.34. The van der Waals surface area contributed by atoms with E-state index in [-0.39, 0.29) is 12.5 Å². The predicted octanol–water partition coefficient (Wildman–Crippen LogP) is 0.683. The van der Waals surface area contributed by atoms with Crippen molar-refractivity contribution in [2.24, 2.45) is 11.1 Å². The van der Waals surface area contributed by atoms with Crippen LogP contribution in [0.2, 0.25) is 0 Å². The molecular weight excluding hydrogens is 208 g/mol. The molecule has 0 aromatic rings. The molecule has 0 saturated carbocycles. The molecule has 0 saturated heterocycles. The Kier molecular flexibility index (Phi) is 5.44. The molecule has 0 aromatic carbocycles. The van der Waals surface area contributed by atoms with E-state index in [9.17, 15) is 9.59 Å². The van der Waals surface area contributed by atoms with Gasteiger partial charge in [-0.3, -0.25) is 4.79 Å². The van der Waals surface area contributed by atoms with E-state index in [1.165, 1.54) is 18.9 Å². The molecule has 0 aliphatic carbocycles. The number of nitrogens with two attached hydrogens (primary N) is 1. The van der Waals surface area contributed by atoms with Crippen LogP contribution in [0.3, 0.4) is 0 Å². The average molecular weight is 230 g/mol. The van der Waals surface area contributed by atoms with Gasteiger partial charge < -0.3 is 15.7 Å². The highest BCUT2D eigenvalue weighted by Gasteiger charge is 2.38. The first-order valence-corrected chi connectivity index (χ1v) is 5.56. The van der Waals surface area contributed by atoms with Crippen molar-refractivity contribution < 1.29 is 14.7 Å². The summed E-state index contributed by atoms with van der Waals surface area (Å²) >= 11 is 0. The van der Waals surface area contributed by atoms with Crippen molar-refractivity contribution in [3.8, 4) is 0 Å². The third-order valence-corrected chi connectivity index (χ3v) is 3.46. The topological polar surface area (TPSA) is 83.6 Å². The highest BCUT2D eigenvalue weighted by molar-refractivity contribution is 5.87. The van der Waals surface area contributed by atoms with Crippen LogP contribution in [0.15, 0.2) is 0 Å². The summed E-state index contributed by atoms with van der Waals surface area (Å²) < 4.78 is 0. The maximum Gasteiger partial charge on any atom is 0.326 e. The van der Waals surface area contributed by atoms with Crippen molar-refractivity contribution in [3.05, 3.63) is 0 Å². The summed E-state index contributed by atoms with van der Waals surface area (Å²) in [5.74, 6) is -1.19. The highest BCUT2D eigenvalue weighted by Crippen LogP contribution is 2.27. The van der Waals surface area contributed by atoms with Crippen molar-refractivity contribution in [3.63, 3.8) is 0 Å². The largest absolute Gasteiger partial charge is 0.480 e. The minimum atomic E-state index is -1.01. The Balaban J connectivity index is 4.95. The molecule has 0 aliphatic rings. The molecule has 0 spiro atoms. The molecule has 3 N–H and O–H groups in total. The van der Waals surface area contributed by atoms with E-state index in [2.05, 4.69) is 0 Å². The first-order valence-electron chi connectivity index (χ1n) is 5.56. The molecule has 0 aliphatic heterocycles. The number of carboxylic acids is 1. The summed E-state index contributed by atoms with van der Waals surface area (Å²) in [4.78, 5) is 24.3. The Morgan fingerprint density at radius 3 is 2.06 bits per heavy atom. The molecule has 1 atom stereocenters. The second-order valence-corrected chi connectivity index (χ2v) is 4.12. The van der Waals surface area contributed by atoms with Crippen molar-refractivity contribution in [1.82, 2.24) is 4.90 Å². The van der Waals surface area contributed by atoms with Crippen molar-refractivity contribution in [2.75, 3.05) is 13.6 Å². The molecular formula is C11H22N2O3. The zero-order valence-corrected chi connectivity index (χ0v) is 10.5. The van der Waals surface area contributed by atoms with Gasteiger partial charge in [-0.05, 0) is 19.8 Å². The molecule has 0 radical (unpaired) electrons. The molecule has 1 unspecified atom stereocenters. The van der Waals surface area contributed by atoms with Gasteiger partial charge in [0.25, 0.3) is 0 Å². The Bertz CT molecular complexity index is 254. The van der Waals surface area contributed by atoms with E-state index in [1.54, 1.807) is 0 Å².